The van der Waals surface area contributed by atoms with E-state index in [-0.39, 0.29) is 24.6 Å². The van der Waals surface area contributed by atoms with E-state index in [0.29, 0.717) is 11.6 Å². The van der Waals surface area contributed by atoms with E-state index in [2.05, 4.69) is 9.71 Å². The lowest BCUT2D eigenvalue weighted by atomic mass is 10.5. The third kappa shape index (κ3) is 5.08. The molecule has 0 saturated heterocycles. The van der Waals surface area contributed by atoms with E-state index in [4.69, 9.17) is 9.84 Å². The number of nitrogens with one attached hydrogen (secondary N) is 1. The molecule has 0 spiro atoms. The fourth-order valence-electron chi connectivity index (χ4n) is 1.05. The Morgan fingerprint density at radius 1 is 1.61 bits per heavy atom. The monoisotopic (exact) mass is 294 g/mol. The van der Waals surface area contributed by atoms with Gasteiger partial charge in [0, 0.05) is 12.0 Å². The number of aromatic carboxylic acids is 1. The Morgan fingerprint density at radius 3 is 2.89 bits per heavy atom. The summed E-state index contributed by atoms with van der Waals surface area (Å²) in [5.74, 6) is -1.26. The van der Waals surface area contributed by atoms with E-state index in [9.17, 15) is 13.2 Å². The first-order valence-corrected chi connectivity index (χ1v) is 7.70. The molecule has 1 aromatic rings. The zero-order valence-corrected chi connectivity index (χ0v) is 11.4. The van der Waals surface area contributed by atoms with Gasteiger partial charge in [0.25, 0.3) is 0 Å². The fraction of sp³-hybridized carbons (Fsp3) is 0.556. The average Bonchev–Trinajstić information content (AvgIpc) is 2.75. The van der Waals surface area contributed by atoms with E-state index in [1.165, 1.54) is 5.38 Å². The van der Waals surface area contributed by atoms with Crippen LogP contribution in [0.5, 0.6) is 0 Å². The first-order valence-electron chi connectivity index (χ1n) is 5.17. The predicted molar refractivity (Wildman–Crippen MR) is 66.2 cm³/mol. The number of carbonyl (C=O) groups is 1. The van der Waals surface area contributed by atoms with Crippen LogP contribution in [0.15, 0.2) is 5.38 Å². The summed E-state index contributed by atoms with van der Waals surface area (Å²) in [6.45, 7) is 2.36. The lowest BCUT2D eigenvalue weighted by molar-refractivity contribution is 0.0691. The van der Waals surface area contributed by atoms with E-state index in [0.717, 1.165) is 11.3 Å². The largest absolute Gasteiger partial charge is 0.476 e. The number of carboxylic acid groups (broad SMARTS) is 1. The van der Waals surface area contributed by atoms with Gasteiger partial charge in [-0.1, -0.05) is 0 Å². The Balaban J connectivity index is 2.46. The van der Waals surface area contributed by atoms with Crippen LogP contribution in [0.25, 0.3) is 0 Å². The lowest BCUT2D eigenvalue weighted by Crippen LogP contribution is -2.28. The van der Waals surface area contributed by atoms with Crippen molar-refractivity contribution in [3.63, 3.8) is 0 Å². The second-order valence-corrected chi connectivity index (χ2v) is 6.14. The fourth-order valence-corrected chi connectivity index (χ4v) is 2.68. The number of hydrogen-bond acceptors (Lipinski definition) is 6. The van der Waals surface area contributed by atoms with Gasteiger partial charge in [-0.05, 0) is 6.92 Å². The quantitative estimate of drug-likeness (QED) is 0.668. The highest BCUT2D eigenvalue weighted by Gasteiger charge is 2.13. The number of thiazole rings is 1. The summed E-state index contributed by atoms with van der Waals surface area (Å²) >= 11 is 1.10. The van der Waals surface area contributed by atoms with Gasteiger partial charge in [0.15, 0.2) is 5.69 Å². The van der Waals surface area contributed by atoms with Gasteiger partial charge in [-0.3, -0.25) is 0 Å². The summed E-state index contributed by atoms with van der Waals surface area (Å²) < 4.78 is 30.3. The SMILES string of the molecule is CCOCCS(=O)(=O)NCc1nc(C(=O)O)cs1. The molecular weight excluding hydrogens is 280 g/mol. The molecule has 0 amide bonds. The van der Waals surface area contributed by atoms with Gasteiger partial charge in [0.05, 0.1) is 18.9 Å². The van der Waals surface area contributed by atoms with E-state index in [1.54, 1.807) is 6.92 Å². The minimum atomic E-state index is -3.42. The van der Waals surface area contributed by atoms with Crippen LogP contribution < -0.4 is 4.72 Å². The van der Waals surface area contributed by atoms with Gasteiger partial charge in [-0.25, -0.2) is 22.9 Å². The summed E-state index contributed by atoms with van der Waals surface area (Å²) in [5.41, 5.74) is -0.0801. The van der Waals surface area contributed by atoms with Gasteiger partial charge >= 0.3 is 5.97 Å². The number of rotatable bonds is 8. The van der Waals surface area contributed by atoms with Crippen molar-refractivity contribution in [2.45, 2.75) is 13.5 Å². The maximum atomic E-state index is 11.5. The predicted octanol–water partition coefficient (Wildman–Crippen LogP) is 0.297. The Bertz CT molecular complexity index is 497. The van der Waals surface area contributed by atoms with Crippen LogP contribution >= 0.6 is 11.3 Å². The number of sulfonamides is 1. The molecule has 1 heterocycles. The zero-order chi connectivity index (χ0) is 13.6. The Kier molecular flexibility index (Phi) is 5.66. The average molecular weight is 294 g/mol. The minimum Gasteiger partial charge on any atom is -0.476 e. The van der Waals surface area contributed by atoms with Crippen molar-refractivity contribution in [1.82, 2.24) is 9.71 Å². The van der Waals surface area contributed by atoms with Crippen LogP contribution in [0, 0.1) is 0 Å². The lowest BCUT2D eigenvalue weighted by Gasteiger charge is -2.04. The number of ether oxygens (including phenoxy) is 1. The molecule has 7 nitrogen and oxygen atoms in total. The normalized spacial score (nSPS) is 11.6. The molecule has 9 heteroatoms. The molecule has 0 aliphatic carbocycles. The second-order valence-electron chi connectivity index (χ2n) is 3.27. The molecule has 0 atom stereocenters. The molecule has 0 aliphatic rings. The van der Waals surface area contributed by atoms with Crippen molar-refractivity contribution < 1.29 is 23.1 Å². The minimum absolute atomic E-state index is 0.00753. The molecular formula is C9H14N2O5S2. The van der Waals surface area contributed by atoms with Crippen LogP contribution in [0.4, 0.5) is 0 Å². The van der Waals surface area contributed by atoms with Crippen LogP contribution in [-0.4, -0.2) is 43.4 Å². The molecule has 18 heavy (non-hydrogen) atoms. The van der Waals surface area contributed by atoms with Gasteiger partial charge in [0.2, 0.25) is 10.0 Å². The molecule has 0 fully saturated rings. The van der Waals surface area contributed by atoms with Crippen LogP contribution in [0.2, 0.25) is 0 Å². The first kappa shape index (κ1) is 15.0. The molecule has 0 bridgehead atoms. The molecule has 0 unspecified atom stereocenters. The summed E-state index contributed by atoms with van der Waals surface area (Å²) in [6, 6.07) is 0. The zero-order valence-electron chi connectivity index (χ0n) is 9.75. The summed E-state index contributed by atoms with van der Waals surface area (Å²) in [7, 11) is -3.42. The van der Waals surface area contributed by atoms with Crippen molar-refractivity contribution in [3.05, 3.63) is 16.1 Å². The van der Waals surface area contributed by atoms with Gasteiger partial charge in [-0.15, -0.1) is 11.3 Å². The molecule has 0 radical (unpaired) electrons. The topological polar surface area (TPSA) is 106 Å². The van der Waals surface area contributed by atoms with Crippen molar-refractivity contribution in [3.8, 4) is 0 Å². The smallest absolute Gasteiger partial charge is 0.355 e. The molecule has 1 aromatic heterocycles. The van der Waals surface area contributed by atoms with Gasteiger partial charge in [-0.2, -0.15) is 0 Å². The highest BCUT2D eigenvalue weighted by Crippen LogP contribution is 2.09. The van der Waals surface area contributed by atoms with Crippen LogP contribution in [0.3, 0.4) is 0 Å². The van der Waals surface area contributed by atoms with Crippen molar-refractivity contribution in [2.75, 3.05) is 19.0 Å². The van der Waals surface area contributed by atoms with Crippen LogP contribution in [0.1, 0.15) is 22.4 Å². The Hall–Kier alpha value is -1.03. The second kappa shape index (κ2) is 6.78. The first-order chi connectivity index (χ1) is 8.44. The standard InChI is InChI=1S/C9H14N2O5S2/c1-2-16-3-4-18(14,15)10-5-8-11-7(6-17-8)9(12)13/h6,10H,2-5H2,1H3,(H,12,13). The maximum Gasteiger partial charge on any atom is 0.355 e. The van der Waals surface area contributed by atoms with E-state index >= 15 is 0 Å². The molecule has 0 saturated carbocycles. The van der Waals surface area contributed by atoms with Gasteiger partial charge < -0.3 is 9.84 Å². The molecule has 1 rings (SSSR count). The van der Waals surface area contributed by atoms with Crippen molar-refractivity contribution in [2.24, 2.45) is 0 Å². The Morgan fingerprint density at radius 2 is 2.33 bits per heavy atom. The molecule has 102 valence electrons. The van der Waals surface area contributed by atoms with Crippen LogP contribution in [-0.2, 0) is 21.3 Å². The molecule has 0 aromatic carbocycles. The number of hydrogen-bond donors (Lipinski definition) is 2. The summed E-state index contributed by atoms with van der Waals surface area (Å²) in [5, 5.41) is 10.4. The third-order valence-corrected chi connectivity index (χ3v) is 4.05. The number of carboxylic acids is 1. The van der Waals surface area contributed by atoms with Crippen molar-refractivity contribution in [1.29, 1.82) is 0 Å². The maximum absolute atomic E-state index is 11.5. The molecule has 0 aliphatic heterocycles. The van der Waals surface area contributed by atoms with E-state index < -0.39 is 16.0 Å². The summed E-state index contributed by atoms with van der Waals surface area (Å²) in [6.07, 6.45) is 0. The third-order valence-electron chi connectivity index (χ3n) is 1.91. The highest BCUT2D eigenvalue weighted by atomic mass is 32.2. The van der Waals surface area contributed by atoms with Gasteiger partial charge in [0.1, 0.15) is 5.01 Å². The summed E-state index contributed by atoms with van der Waals surface area (Å²) in [4.78, 5) is 14.3. The van der Waals surface area contributed by atoms with E-state index in [1.807, 2.05) is 0 Å². The van der Waals surface area contributed by atoms with Crippen molar-refractivity contribution >= 4 is 27.3 Å². The number of nitrogens with zero attached hydrogens (tertiary/aromatic N) is 1. The number of aromatic nitrogens is 1. The molecule has 2 N–H and O–H groups in total. The highest BCUT2D eigenvalue weighted by molar-refractivity contribution is 7.89. The Labute approximate surface area is 109 Å².